The third kappa shape index (κ3) is 2.76. The van der Waals surface area contributed by atoms with Crippen LogP contribution in [-0.2, 0) is 4.79 Å². The van der Waals surface area contributed by atoms with E-state index < -0.39 is 17.7 Å². The van der Waals surface area contributed by atoms with Gasteiger partial charge in [-0.2, -0.15) is 0 Å². The summed E-state index contributed by atoms with van der Waals surface area (Å²) < 4.78 is 0. The number of nitrogens with one attached hydrogen (secondary N) is 2. The zero-order valence-corrected chi connectivity index (χ0v) is 12.0. The number of rotatable bonds is 4. The molecule has 1 aliphatic heterocycles. The van der Waals surface area contributed by atoms with Gasteiger partial charge in [0.25, 0.3) is 11.8 Å². The SMILES string of the molecule is O=C(CCN1C(=O)c2ccccc2C1=O)Nc1c[nH]ccc1=O. The van der Waals surface area contributed by atoms with Crippen LogP contribution < -0.4 is 10.7 Å². The van der Waals surface area contributed by atoms with Gasteiger partial charge in [-0.3, -0.25) is 24.1 Å². The molecule has 2 aromatic rings. The van der Waals surface area contributed by atoms with Crippen LogP contribution in [0.15, 0.2) is 47.5 Å². The molecule has 1 aromatic carbocycles. The Labute approximate surface area is 130 Å². The van der Waals surface area contributed by atoms with Gasteiger partial charge in [0.2, 0.25) is 11.3 Å². The first kappa shape index (κ1) is 14.7. The molecule has 0 fully saturated rings. The lowest BCUT2D eigenvalue weighted by molar-refractivity contribution is -0.116. The van der Waals surface area contributed by atoms with Crippen LogP contribution in [0.25, 0.3) is 0 Å². The number of aromatic amines is 1. The zero-order chi connectivity index (χ0) is 16.4. The van der Waals surface area contributed by atoms with E-state index in [2.05, 4.69) is 10.3 Å². The number of imide groups is 1. The van der Waals surface area contributed by atoms with Gasteiger partial charge in [-0.1, -0.05) is 12.1 Å². The molecule has 3 rings (SSSR count). The number of H-pyrrole nitrogens is 1. The van der Waals surface area contributed by atoms with Crippen molar-refractivity contribution in [3.05, 3.63) is 64.1 Å². The van der Waals surface area contributed by atoms with Gasteiger partial charge in [0, 0.05) is 31.4 Å². The number of benzene rings is 1. The highest BCUT2D eigenvalue weighted by molar-refractivity contribution is 6.21. The highest BCUT2D eigenvalue weighted by atomic mass is 16.2. The summed E-state index contributed by atoms with van der Waals surface area (Å²) in [4.78, 5) is 51.4. The number of carbonyl (C=O) groups excluding carboxylic acids is 3. The highest BCUT2D eigenvalue weighted by Crippen LogP contribution is 2.22. The van der Waals surface area contributed by atoms with Crippen molar-refractivity contribution in [3.8, 4) is 0 Å². The maximum atomic E-state index is 12.2. The van der Waals surface area contributed by atoms with Crippen LogP contribution in [0.5, 0.6) is 0 Å². The van der Waals surface area contributed by atoms with E-state index >= 15 is 0 Å². The van der Waals surface area contributed by atoms with Gasteiger partial charge in [-0.25, -0.2) is 0 Å². The standard InChI is InChI=1S/C16H13N3O4/c20-13-5-7-17-9-12(13)18-14(21)6-8-19-15(22)10-3-1-2-4-11(10)16(19)23/h1-5,7,9H,6,8H2,(H,17,20)(H,18,21). The molecule has 23 heavy (non-hydrogen) atoms. The summed E-state index contributed by atoms with van der Waals surface area (Å²) >= 11 is 0. The average Bonchev–Trinajstić information content (AvgIpc) is 2.80. The molecule has 0 aliphatic carbocycles. The van der Waals surface area contributed by atoms with Crippen molar-refractivity contribution in [1.29, 1.82) is 0 Å². The summed E-state index contributed by atoms with van der Waals surface area (Å²) in [6, 6.07) is 7.82. The van der Waals surface area contributed by atoms with Crippen LogP contribution in [0, 0.1) is 0 Å². The third-order valence-electron chi connectivity index (χ3n) is 3.54. The van der Waals surface area contributed by atoms with Crippen LogP contribution in [0.3, 0.4) is 0 Å². The fraction of sp³-hybridized carbons (Fsp3) is 0.125. The quantitative estimate of drug-likeness (QED) is 0.823. The van der Waals surface area contributed by atoms with E-state index in [1.54, 1.807) is 24.3 Å². The lowest BCUT2D eigenvalue weighted by Crippen LogP contribution is -2.33. The Morgan fingerprint density at radius 3 is 2.30 bits per heavy atom. The first-order valence-electron chi connectivity index (χ1n) is 7.00. The largest absolute Gasteiger partial charge is 0.366 e. The minimum atomic E-state index is -0.446. The monoisotopic (exact) mass is 311 g/mol. The summed E-state index contributed by atoms with van der Waals surface area (Å²) in [5, 5.41) is 2.45. The van der Waals surface area contributed by atoms with E-state index in [4.69, 9.17) is 0 Å². The first-order chi connectivity index (χ1) is 11.1. The predicted octanol–water partition coefficient (Wildman–Crippen LogP) is 1.000. The van der Waals surface area contributed by atoms with Crippen LogP contribution in [0.4, 0.5) is 5.69 Å². The minimum absolute atomic E-state index is 0.0388. The number of nitrogens with zero attached hydrogens (tertiary/aromatic N) is 1. The van der Waals surface area contributed by atoms with Crippen molar-refractivity contribution in [2.75, 3.05) is 11.9 Å². The Bertz CT molecular complexity index is 821. The molecule has 0 saturated carbocycles. The van der Waals surface area contributed by atoms with Gasteiger partial charge in [0.15, 0.2) is 0 Å². The summed E-state index contributed by atoms with van der Waals surface area (Å²) in [5.74, 6) is -1.26. The van der Waals surface area contributed by atoms with Gasteiger partial charge < -0.3 is 10.3 Å². The fourth-order valence-electron chi connectivity index (χ4n) is 2.38. The number of fused-ring (bicyclic) bond motifs is 1. The van der Waals surface area contributed by atoms with E-state index in [1.165, 1.54) is 18.5 Å². The molecule has 116 valence electrons. The van der Waals surface area contributed by atoms with Crippen molar-refractivity contribution in [3.63, 3.8) is 0 Å². The fourth-order valence-corrected chi connectivity index (χ4v) is 2.38. The maximum absolute atomic E-state index is 12.2. The lowest BCUT2D eigenvalue weighted by atomic mass is 10.1. The first-order valence-corrected chi connectivity index (χ1v) is 7.00. The van der Waals surface area contributed by atoms with Crippen molar-refractivity contribution >= 4 is 23.4 Å². The molecular formula is C16H13N3O4. The summed E-state index contributed by atoms with van der Waals surface area (Å²) in [6.45, 7) is -0.0388. The summed E-state index contributed by atoms with van der Waals surface area (Å²) in [7, 11) is 0. The van der Waals surface area contributed by atoms with E-state index in [0.717, 1.165) is 4.90 Å². The number of hydrogen-bond donors (Lipinski definition) is 2. The van der Waals surface area contributed by atoms with E-state index in [1.807, 2.05) is 0 Å². The number of amides is 3. The van der Waals surface area contributed by atoms with Crippen molar-refractivity contribution < 1.29 is 14.4 Å². The number of hydrogen-bond acceptors (Lipinski definition) is 4. The molecule has 7 heteroatoms. The maximum Gasteiger partial charge on any atom is 0.261 e. The number of anilines is 1. The second-order valence-electron chi connectivity index (χ2n) is 5.03. The van der Waals surface area contributed by atoms with E-state index in [9.17, 15) is 19.2 Å². The second-order valence-corrected chi connectivity index (χ2v) is 5.03. The molecule has 1 aliphatic rings. The van der Waals surface area contributed by atoms with E-state index in [0.29, 0.717) is 11.1 Å². The van der Waals surface area contributed by atoms with Gasteiger partial charge in [0.05, 0.1) is 11.1 Å². The average molecular weight is 311 g/mol. The van der Waals surface area contributed by atoms with Crippen LogP contribution >= 0.6 is 0 Å². The topological polar surface area (TPSA) is 99.3 Å². The van der Waals surface area contributed by atoms with Gasteiger partial charge >= 0.3 is 0 Å². The highest BCUT2D eigenvalue weighted by Gasteiger charge is 2.34. The molecule has 0 atom stereocenters. The Hall–Kier alpha value is -3.22. The van der Waals surface area contributed by atoms with Gasteiger partial charge in [-0.15, -0.1) is 0 Å². The molecule has 0 radical (unpaired) electrons. The molecule has 0 saturated heterocycles. The van der Waals surface area contributed by atoms with Crippen LogP contribution in [0.2, 0.25) is 0 Å². The number of aromatic nitrogens is 1. The summed E-state index contributed by atoms with van der Waals surface area (Å²) in [6.07, 6.45) is 2.75. The van der Waals surface area contributed by atoms with Crippen molar-refractivity contribution in [2.24, 2.45) is 0 Å². The Morgan fingerprint density at radius 1 is 1.04 bits per heavy atom. The number of pyridine rings is 1. The third-order valence-corrected chi connectivity index (χ3v) is 3.54. The Kier molecular flexibility index (Phi) is 3.76. The molecule has 0 bridgehead atoms. The molecule has 3 amide bonds. The molecule has 0 unspecified atom stereocenters. The second kappa shape index (κ2) is 5.88. The normalized spacial score (nSPS) is 13.1. The zero-order valence-electron chi connectivity index (χ0n) is 12.0. The smallest absolute Gasteiger partial charge is 0.261 e. The van der Waals surface area contributed by atoms with Crippen molar-refractivity contribution in [1.82, 2.24) is 9.88 Å². The lowest BCUT2D eigenvalue weighted by Gasteiger charge is -2.13. The van der Waals surface area contributed by atoms with Gasteiger partial charge in [-0.05, 0) is 12.1 Å². The Balaban J connectivity index is 1.65. The molecule has 0 spiro atoms. The van der Waals surface area contributed by atoms with E-state index in [-0.39, 0.29) is 24.1 Å². The predicted molar refractivity (Wildman–Crippen MR) is 82.1 cm³/mol. The number of carbonyl (C=O) groups is 3. The molecule has 1 aromatic heterocycles. The van der Waals surface area contributed by atoms with Gasteiger partial charge in [0.1, 0.15) is 5.69 Å². The minimum Gasteiger partial charge on any atom is -0.366 e. The molecule has 7 nitrogen and oxygen atoms in total. The van der Waals surface area contributed by atoms with Crippen LogP contribution in [0.1, 0.15) is 27.1 Å². The van der Waals surface area contributed by atoms with Crippen LogP contribution in [-0.4, -0.2) is 34.2 Å². The molecule has 2 heterocycles. The molecular weight excluding hydrogens is 298 g/mol. The Morgan fingerprint density at radius 2 is 1.70 bits per heavy atom. The molecule has 2 N–H and O–H groups in total. The summed E-state index contributed by atoms with van der Waals surface area (Å²) in [5.41, 5.74) is 0.493. The van der Waals surface area contributed by atoms with Crippen molar-refractivity contribution in [2.45, 2.75) is 6.42 Å².